The van der Waals surface area contributed by atoms with E-state index in [9.17, 15) is 8.42 Å². The van der Waals surface area contributed by atoms with Gasteiger partial charge < -0.3 is 4.74 Å². The molecule has 118 valence electrons. The molecule has 7 heteroatoms. The van der Waals surface area contributed by atoms with Gasteiger partial charge in [0, 0.05) is 10.7 Å². The minimum atomic E-state index is -3.81. The molecule has 4 nitrogen and oxygen atoms in total. The van der Waals surface area contributed by atoms with Gasteiger partial charge in [0.25, 0.3) is 10.0 Å². The van der Waals surface area contributed by atoms with Crippen molar-refractivity contribution in [3.63, 3.8) is 0 Å². The number of anilines is 1. The highest BCUT2D eigenvalue weighted by molar-refractivity contribution is 7.92. The normalized spacial score (nSPS) is 11.5. The molecule has 2 aromatic carbocycles. The zero-order valence-electron chi connectivity index (χ0n) is 12.0. The minimum absolute atomic E-state index is 0.0489. The summed E-state index contributed by atoms with van der Waals surface area (Å²) in [6.07, 6.45) is 0.0489. The minimum Gasteiger partial charge on any atom is -0.491 e. The van der Waals surface area contributed by atoms with E-state index in [0.717, 1.165) is 0 Å². The molecule has 0 aliphatic heterocycles. The van der Waals surface area contributed by atoms with Gasteiger partial charge in [0.15, 0.2) is 0 Å². The van der Waals surface area contributed by atoms with Crippen molar-refractivity contribution < 1.29 is 13.2 Å². The summed E-state index contributed by atoms with van der Waals surface area (Å²) in [6.45, 7) is 3.83. The SMILES string of the molecule is CC(C)Oc1ccc(NS(=O)(=O)c2cc(Cl)ccc2Cl)cc1. The van der Waals surface area contributed by atoms with Crippen molar-refractivity contribution in [1.82, 2.24) is 0 Å². The molecule has 1 N–H and O–H groups in total. The van der Waals surface area contributed by atoms with E-state index in [-0.39, 0.29) is 16.0 Å². The first-order valence-corrected chi connectivity index (χ1v) is 8.76. The zero-order valence-corrected chi connectivity index (χ0v) is 14.3. The van der Waals surface area contributed by atoms with Crippen molar-refractivity contribution in [2.45, 2.75) is 24.8 Å². The van der Waals surface area contributed by atoms with Crippen molar-refractivity contribution in [2.24, 2.45) is 0 Å². The molecule has 0 aliphatic carbocycles. The van der Waals surface area contributed by atoms with Crippen LogP contribution >= 0.6 is 23.2 Å². The summed E-state index contributed by atoms with van der Waals surface area (Å²) in [4.78, 5) is -0.0656. The van der Waals surface area contributed by atoms with Crippen molar-refractivity contribution in [3.05, 3.63) is 52.5 Å². The van der Waals surface area contributed by atoms with Crippen LogP contribution < -0.4 is 9.46 Å². The van der Waals surface area contributed by atoms with Crippen LogP contribution in [0.2, 0.25) is 10.0 Å². The summed E-state index contributed by atoms with van der Waals surface area (Å²) < 4.78 is 32.7. The topological polar surface area (TPSA) is 55.4 Å². The lowest BCUT2D eigenvalue weighted by Gasteiger charge is -2.12. The average Bonchev–Trinajstić information content (AvgIpc) is 2.43. The number of hydrogen-bond donors (Lipinski definition) is 1. The molecule has 0 bridgehead atoms. The Bertz CT molecular complexity index is 759. The zero-order chi connectivity index (χ0) is 16.3. The lowest BCUT2D eigenvalue weighted by atomic mass is 10.3. The maximum Gasteiger partial charge on any atom is 0.263 e. The highest BCUT2D eigenvalue weighted by Crippen LogP contribution is 2.27. The van der Waals surface area contributed by atoms with E-state index in [4.69, 9.17) is 27.9 Å². The summed E-state index contributed by atoms with van der Waals surface area (Å²) in [5, 5.41) is 0.405. The Morgan fingerprint density at radius 3 is 2.27 bits per heavy atom. The highest BCUT2D eigenvalue weighted by Gasteiger charge is 2.18. The van der Waals surface area contributed by atoms with Gasteiger partial charge in [-0.25, -0.2) is 8.42 Å². The summed E-state index contributed by atoms with van der Waals surface area (Å²) in [5.41, 5.74) is 0.409. The number of nitrogens with one attached hydrogen (secondary N) is 1. The van der Waals surface area contributed by atoms with Gasteiger partial charge >= 0.3 is 0 Å². The molecule has 0 radical (unpaired) electrons. The number of benzene rings is 2. The fourth-order valence-electron chi connectivity index (χ4n) is 1.77. The molecule has 0 saturated carbocycles. The number of ether oxygens (including phenoxy) is 1. The number of halogens is 2. The average molecular weight is 360 g/mol. The summed E-state index contributed by atoms with van der Waals surface area (Å²) >= 11 is 11.8. The predicted molar refractivity (Wildman–Crippen MR) is 89.5 cm³/mol. The maximum absolute atomic E-state index is 12.4. The van der Waals surface area contributed by atoms with Gasteiger partial charge in [0.1, 0.15) is 10.6 Å². The van der Waals surface area contributed by atoms with Crippen LogP contribution in [-0.4, -0.2) is 14.5 Å². The first kappa shape index (κ1) is 16.9. The largest absolute Gasteiger partial charge is 0.491 e. The van der Waals surface area contributed by atoms with Gasteiger partial charge in [-0.1, -0.05) is 23.2 Å². The van der Waals surface area contributed by atoms with Gasteiger partial charge in [0.2, 0.25) is 0 Å². The Morgan fingerprint density at radius 2 is 1.68 bits per heavy atom. The second-order valence-corrected chi connectivity index (χ2v) is 7.37. The Kier molecular flexibility index (Phi) is 5.21. The quantitative estimate of drug-likeness (QED) is 0.849. The van der Waals surface area contributed by atoms with Gasteiger partial charge in [-0.15, -0.1) is 0 Å². The summed E-state index contributed by atoms with van der Waals surface area (Å²) in [7, 11) is -3.81. The molecular formula is C15H15Cl2NO3S. The molecule has 22 heavy (non-hydrogen) atoms. The van der Waals surface area contributed by atoms with Crippen LogP contribution in [0.1, 0.15) is 13.8 Å². The Labute approximate surface area is 140 Å². The fourth-order valence-corrected chi connectivity index (χ4v) is 3.59. The molecule has 0 amide bonds. The molecule has 0 saturated heterocycles. The maximum atomic E-state index is 12.4. The van der Waals surface area contributed by atoms with Crippen LogP contribution in [-0.2, 0) is 10.0 Å². The molecule has 0 fully saturated rings. The molecule has 2 aromatic rings. The summed E-state index contributed by atoms with van der Waals surface area (Å²) in [6, 6.07) is 10.9. The van der Waals surface area contributed by atoms with E-state index in [1.54, 1.807) is 24.3 Å². The molecule has 0 heterocycles. The third-order valence-electron chi connectivity index (χ3n) is 2.66. The Morgan fingerprint density at radius 1 is 1.05 bits per heavy atom. The second kappa shape index (κ2) is 6.77. The van der Waals surface area contributed by atoms with E-state index in [1.807, 2.05) is 13.8 Å². The monoisotopic (exact) mass is 359 g/mol. The Hall–Kier alpha value is -1.43. The summed E-state index contributed by atoms with van der Waals surface area (Å²) in [5.74, 6) is 0.665. The first-order chi connectivity index (χ1) is 10.3. The molecule has 2 rings (SSSR count). The molecular weight excluding hydrogens is 345 g/mol. The van der Waals surface area contributed by atoms with Gasteiger partial charge in [-0.2, -0.15) is 0 Å². The van der Waals surface area contributed by atoms with Gasteiger partial charge in [-0.05, 0) is 56.3 Å². The third-order valence-corrected chi connectivity index (χ3v) is 4.76. The van der Waals surface area contributed by atoms with Gasteiger partial charge in [-0.3, -0.25) is 4.72 Å². The van der Waals surface area contributed by atoms with Crippen LogP contribution in [0.3, 0.4) is 0 Å². The number of rotatable bonds is 5. The number of hydrogen-bond acceptors (Lipinski definition) is 3. The number of sulfonamides is 1. The van der Waals surface area contributed by atoms with E-state index in [0.29, 0.717) is 16.5 Å². The van der Waals surface area contributed by atoms with Crippen LogP contribution in [0.5, 0.6) is 5.75 Å². The standard InChI is InChI=1S/C15H15Cl2NO3S/c1-10(2)21-13-6-4-12(5-7-13)18-22(19,20)15-9-11(16)3-8-14(15)17/h3-10,18H,1-2H3. The van der Waals surface area contributed by atoms with E-state index in [2.05, 4.69) is 4.72 Å². The van der Waals surface area contributed by atoms with Crippen LogP contribution in [0, 0.1) is 0 Å². The van der Waals surface area contributed by atoms with E-state index < -0.39 is 10.0 Å². The third kappa shape index (κ3) is 4.29. The molecule has 0 spiro atoms. The van der Waals surface area contributed by atoms with Gasteiger partial charge in [0.05, 0.1) is 11.1 Å². The molecule has 0 aliphatic rings. The fraction of sp³-hybridized carbons (Fsp3) is 0.200. The smallest absolute Gasteiger partial charge is 0.263 e. The predicted octanol–water partition coefficient (Wildman–Crippen LogP) is 4.58. The van der Waals surface area contributed by atoms with Crippen LogP contribution in [0.15, 0.2) is 47.4 Å². The van der Waals surface area contributed by atoms with E-state index >= 15 is 0 Å². The molecule has 0 aromatic heterocycles. The molecule has 0 unspecified atom stereocenters. The second-order valence-electron chi connectivity index (χ2n) is 4.87. The lowest BCUT2D eigenvalue weighted by molar-refractivity contribution is 0.242. The van der Waals surface area contributed by atoms with Crippen LogP contribution in [0.25, 0.3) is 0 Å². The van der Waals surface area contributed by atoms with E-state index in [1.165, 1.54) is 18.2 Å². The van der Waals surface area contributed by atoms with Crippen molar-refractivity contribution in [2.75, 3.05) is 4.72 Å². The van der Waals surface area contributed by atoms with Crippen molar-refractivity contribution >= 4 is 38.9 Å². The Balaban J connectivity index is 2.23. The lowest BCUT2D eigenvalue weighted by Crippen LogP contribution is -2.13. The highest BCUT2D eigenvalue weighted by atomic mass is 35.5. The van der Waals surface area contributed by atoms with Crippen LogP contribution in [0.4, 0.5) is 5.69 Å². The first-order valence-electron chi connectivity index (χ1n) is 6.52. The molecule has 0 atom stereocenters. The van der Waals surface area contributed by atoms with Crippen molar-refractivity contribution in [1.29, 1.82) is 0 Å². The van der Waals surface area contributed by atoms with Crippen molar-refractivity contribution in [3.8, 4) is 5.75 Å².